The average molecular weight is 168 g/mol. The summed E-state index contributed by atoms with van der Waals surface area (Å²) in [6.45, 7) is 0. The zero-order chi connectivity index (χ0) is 7.68. The topological polar surface area (TPSA) is 44.1 Å². The van der Waals surface area contributed by atoms with Gasteiger partial charge in [-0.05, 0) is 0 Å². The largest absolute Gasteiger partial charge is 1.00 e. The summed E-state index contributed by atoms with van der Waals surface area (Å²) in [4.78, 5) is 11.0. The van der Waals surface area contributed by atoms with E-state index in [0.717, 1.165) is 5.39 Å². The van der Waals surface area contributed by atoms with Crippen LogP contribution in [0.1, 0.15) is 0 Å². The van der Waals surface area contributed by atoms with Gasteiger partial charge >= 0.3 is 29.6 Å². The molecule has 2 rings (SSSR count). The molecule has 1 heterocycles. The second-order valence-electron chi connectivity index (χ2n) is 2.24. The number of nitrogens with zero attached hydrogens (tertiary/aromatic N) is 2. The molecule has 0 saturated carbocycles. The summed E-state index contributed by atoms with van der Waals surface area (Å²) in [5, 5.41) is 8.42. The van der Waals surface area contributed by atoms with Crippen LogP contribution in [0.15, 0.2) is 35.3 Å². The molecule has 0 spiro atoms. The van der Waals surface area contributed by atoms with Crippen LogP contribution in [0.4, 0.5) is 0 Å². The fourth-order valence-corrected chi connectivity index (χ4v) is 1.00. The Labute approximate surface area is 91.1 Å². The van der Waals surface area contributed by atoms with E-state index in [1.54, 1.807) is 12.3 Å². The summed E-state index contributed by atoms with van der Waals surface area (Å²) in [5.41, 5.74) is -0.261. The maximum absolute atomic E-state index is 11.0. The van der Waals surface area contributed by atoms with E-state index < -0.39 is 0 Å². The number of rotatable bonds is 0. The number of benzene rings is 1. The van der Waals surface area contributed by atoms with Gasteiger partial charge in [-0.3, -0.25) is 0 Å². The van der Waals surface area contributed by atoms with E-state index in [1.165, 1.54) is 0 Å². The Bertz CT molecular complexity index is 433. The molecule has 0 unspecified atom stereocenters. The van der Waals surface area contributed by atoms with E-state index in [9.17, 15) is 4.79 Å². The third-order valence-corrected chi connectivity index (χ3v) is 1.54. The quantitative estimate of drug-likeness (QED) is 0.410. The van der Waals surface area contributed by atoms with Gasteiger partial charge in [0.2, 0.25) is 0 Å². The van der Waals surface area contributed by atoms with Gasteiger partial charge in [0.1, 0.15) is 0 Å². The molecule has 2 aromatic rings. The van der Waals surface area contributed by atoms with Crippen molar-refractivity contribution < 1.29 is 29.6 Å². The summed E-state index contributed by atoms with van der Waals surface area (Å²) in [6.07, 6.45) is 1.58. The van der Waals surface area contributed by atoms with Gasteiger partial charge in [-0.1, -0.05) is 24.3 Å². The summed E-state index contributed by atoms with van der Waals surface area (Å²) < 4.78 is 0. The van der Waals surface area contributed by atoms with Crippen LogP contribution in [0.3, 0.4) is 0 Å². The van der Waals surface area contributed by atoms with E-state index >= 15 is 0 Å². The summed E-state index contributed by atoms with van der Waals surface area (Å²) in [7, 11) is 0. The van der Waals surface area contributed by atoms with Gasteiger partial charge in [0.05, 0.1) is 5.56 Å². The molecule has 0 aliphatic rings. The Hall–Kier alpha value is -0.640. The van der Waals surface area contributed by atoms with Gasteiger partial charge in [-0.2, -0.15) is 0 Å². The monoisotopic (exact) mass is 168 g/mol. The van der Waals surface area contributed by atoms with Crippen molar-refractivity contribution in [3.05, 3.63) is 40.8 Å². The van der Waals surface area contributed by atoms with Crippen LogP contribution in [0.25, 0.3) is 10.8 Å². The molecule has 3 nitrogen and oxygen atoms in total. The van der Waals surface area contributed by atoms with Crippen LogP contribution in [0.5, 0.6) is 0 Å². The summed E-state index contributed by atoms with van der Waals surface area (Å²) >= 11 is 0. The fourth-order valence-electron chi connectivity index (χ4n) is 1.00. The molecule has 0 amide bonds. The van der Waals surface area contributed by atoms with Crippen LogP contribution in [0, 0.1) is 0 Å². The van der Waals surface area contributed by atoms with Crippen molar-refractivity contribution in [1.29, 1.82) is 0 Å². The molecule has 0 atom stereocenters. The minimum atomic E-state index is -0.261. The average Bonchev–Trinajstić information content (AvgIpc) is 2.06. The number of fused-ring (bicyclic) bond motifs is 1. The molecule has 0 radical (unpaired) electrons. The Morgan fingerprint density at radius 2 is 2.00 bits per heavy atom. The van der Waals surface area contributed by atoms with Gasteiger partial charge in [0.25, 0.3) is 0 Å². The first-order valence-electron chi connectivity index (χ1n) is 3.25. The molecule has 12 heavy (non-hydrogen) atoms. The van der Waals surface area contributed by atoms with Crippen molar-refractivity contribution >= 4 is 10.8 Å². The van der Waals surface area contributed by atoms with Gasteiger partial charge in [-0.15, -0.1) is 0 Å². The van der Waals surface area contributed by atoms with E-state index in [-0.39, 0.29) is 35.1 Å². The van der Waals surface area contributed by atoms with Crippen molar-refractivity contribution in [1.82, 2.24) is 10.2 Å². The maximum Gasteiger partial charge on any atom is 1.00 e. The van der Waals surface area contributed by atoms with Crippen LogP contribution >= 0.6 is 0 Å². The number of hydrogen-bond donors (Lipinski definition) is 0. The predicted octanol–water partition coefficient (Wildman–Crippen LogP) is -2.44. The van der Waals surface area contributed by atoms with Gasteiger partial charge in [0.15, 0.2) is 0 Å². The molecule has 1 aromatic heterocycles. The van der Waals surface area contributed by atoms with E-state index in [0.29, 0.717) is 5.39 Å². The van der Waals surface area contributed by atoms with Crippen molar-refractivity contribution in [2.24, 2.45) is 0 Å². The Kier molecular flexibility index (Phi) is 3.03. The first kappa shape index (κ1) is 9.45. The SMILES string of the molecule is O=c1[n-]ncc2ccccc12.[Na+]. The molecule has 1 aromatic carbocycles. The normalized spacial score (nSPS) is 9.33. The molecule has 0 aliphatic heterocycles. The van der Waals surface area contributed by atoms with E-state index in [1.807, 2.05) is 18.2 Å². The van der Waals surface area contributed by atoms with Crippen molar-refractivity contribution in [2.75, 3.05) is 0 Å². The molecule has 0 bridgehead atoms. The van der Waals surface area contributed by atoms with E-state index in [4.69, 9.17) is 0 Å². The molecule has 4 heteroatoms. The third-order valence-electron chi connectivity index (χ3n) is 1.54. The van der Waals surface area contributed by atoms with Crippen LogP contribution < -0.4 is 40.2 Å². The summed E-state index contributed by atoms with van der Waals surface area (Å²) in [6, 6.07) is 7.26. The standard InChI is InChI=1S/C8H6N2O.Na/c11-8-7-4-2-1-3-6(7)5-9-10-8;/h1-5H,(H,10,11);/q;+1/p-1. The van der Waals surface area contributed by atoms with E-state index in [2.05, 4.69) is 10.2 Å². The predicted molar refractivity (Wildman–Crippen MR) is 41.3 cm³/mol. The summed E-state index contributed by atoms with van der Waals surface area (Å²) in [5.74, 6) is 0. The zero-order valence-electron chi connectivity index (χ0n) is 6.69. The number of aromatic nitrogens is 2. The van der Waals surface area contributed by atoms with Crippen molar-refractivity contribution in [3.8, 4) is 0 Å². The van der Waals surface area contributed by atoms with Gasteiger partial charge in [0, 0.05) is 17.0 Å². The Balaban J connectivity index is 0.000000720. The fraction of sp³-hybridized carbons (Fsp3) is 0. The first-order valence-corrected chi connectivity index (χ1v) is 3.25. The van der Waals surface area contributed by atoms with Gasteiger partial charge < -0.3 is 15.0 Å². The van der Waals surface area contributed by atoms with Gasteiger partial charge in [-0.25, -0.2) is 0 Å². The van der Waals surface area contributed by atoms with Crippen molar-refractivity contribution in [3.63, 3.8) is 0 Å². The molecule has 0 fully saturated rings. The minimum Gasteiger partial charge on any atom is -0.540 e. The Morgan fingerprint density at radius 3 is 2.75 bits per heavy atom. The smallest absolute Gasteiger partial charge is 0.540 e. The second kappa shape index (κ2) is 3.85. The second-order valence-corrected chi connectivity index (χ2v) is 2.24. The molecular formula is C8H5N2NaO. The molecule has 0 saturated heterocycles. The van der Waals surface area contributed by atoms with Crippen LogP contribution in [-0.4, -0.2) is 5.10 Å². The maximum atomic E-state index is 11.0. The van der Waals surface area contributed by atoms with Crippen LogP contribution in [-0.2, 0) is 0 Å². The Morgan fingerprint density at radius 1 is 1.25 bits per heavy atom. The zero-order valence-corrected chi connectivity index (χ0v) is 8.69. The minimum absolute atomic E-state index is 0. The number of hydrogen-bond acceptors (Lipinski definition) is 2. The van der Waals surface area contributed by atoms with Crippen molar-refractivity contribution in [2.45, 2.75) is 0 Å². The molecule has 0 N–H and O–H groups in total. The molecular weight excluding hydrogens is 163 g/mol. The molecule has 0 aliphatic carbocycles. The molecule has 54 valence electrons. The third kappa shape index (κ3) is 1.58. The van der Waals surface area contributed by atoms with Crippen LogP contribution in [0.2, 0.25) is 0 Å². The first-order chi connectivity index (χ1) is 5.38.